The minimum atomic E-state index is 0.460. The van der Waals surface area contributed by atoms with Crippen LogP contribution in [0.4, 0.5) is 23.0 Å². The number of nitriles is 1. The minimum absolute atomic E-state index is 0.460. The van der Waals surface area contributed by atoms with Gasteiger partial charge in [-0.2, -0.15) is 10.4 Å². The summed E-state index contributed by atoms with van der Waals surface area (Å²) in [5.41, 5.74) is 5.58. The minimum Gasteiger partial charge on any atom is -0.355 e. The van der Waals surface area contributed by atoms with Gasteiger partial charge in [0.2, 0.25) is 5.95 Å². The van der Waals surface area contributed by atoms with E-state index in [1.165, 1.54) is 0 Å². The summed E-state index contributed by atoms with van der Waals surface area (Å²) in [6.07, 6.45) is 3.38. The molecular weight excluding hydrogens is 424 g/mol. The molecule has 2 aromatic heterocycles. The predicted molar refractivity (Wildman–Crippen MR) is 131 cm³/mol. The van der Waals surface area contributed by atoms with Crippen LogP contribution in [0, 0.1) is 18.3 Å². The first-order valence-corrected chi connectivity index (χ1v) is 10.6. The maximum Gasteiger partial charge on any atom is 0.227 e. The van der Waals surface area contributed by atoms with Crippen LogP contribution in [0.3, 0.4) is 0 Å². The Labute approximate surface area is 196 Å². The van der Waals surface area contributed by atoms with E-state index in [1.807, 2.05) is 85.8 Å². The molecule has 0 saturated carbocycles. The Morgan fingerprint density at radius 1 is 0.824 bits per heavy atom. The molecular formula is C26H20N8. The highest BCUT2D eigenvalue weighted by Gasteiger charge is 2.08. The maximum absolute atomic E-state index is 9.52. The number of anilines is 4. The van der Waals surface area contributed by atoms with Crippen LogP contribution < -0.4 is 10.6 Å². The molecule has 8 nitrogen and oxygen atoms in total. The molecule has 0 radical (unpaired) electrons. The van der Waals surface area contributed by atoms with Crippen LogP contribution in [0.5, 0.6) is 0 Å². The molecule has 0 fully saturated rings. The highest BCUT2D eigenvalue weighted by molar-refractivity contribution is 5.72. The largest absolute Gasteiger partial charge is 0.355 e. The monoisotopic (exact) mass is 444 g/mol. The number of benzene rings is 3. The second kappa shape index (κ2) is 9.22. The topological polar surface area (TPSA) is 104 Å². The Balaban J connectivity index is 1.38. The lowest BCUT2D eigenvalue weighted by molar-refractivity contribution is 0.863. The average Bonchev–Trinajstić information content (AvgIpc) is 3.31. The molecule has 0 atom stereocenters. The quantitative estimate of drug-likeness (QED) is 0.362. The van der Waals surface area contributed by atoms with Gasteiger partial charge in [-0.05, 0) is 67.6 Å². The maximum atomic E-state index is 9.52. The van der Waals surface area contributed by atoms with E-state index in [9.17, 15) is 5.26 Å². The van der Waals surface area contributed by atoms with Crippen molar-refractivity contribution in [3.63, 3.8) is 0 Å². The molecule has 0 aliphatic heterocycles. The fraction of sp³-hybridized carbons (Fsp3) is 0.0385. The molecule has 0 bridgehead atoms. The summed E-state index contributed by atoms with van der Waals surface area (Å²) >= 11 is 0. The average molecular weight is 445 g/mol. The molecule has 0 amide bonds. The van der Waals surface area contributed by atoms with Crippen molar-refractivity contribution in [2.45, 2.75) is 6.92 Å². The Morgan fingerprint density at radius 2 is 1.62 bits per heavy atom. The van der Waals surface area contributed by atoms with Gasteiger partial charge in [-0.15, -0.1) is 0 Å². The number of aryl methyl sites for hydroxylation is 1. The van der Waals surface area contributed by atoms with Crippen LogP contribution in [0.2, 0.25) is 0 Å². The summed E-state index contributed by atoms with van der Waals surface area (Å²) in [7, 11) is 0. The van der Waals surface area contributed by atoms with Crippen LogP contribution in [0.15, 0.2) is 91.4 Å². The zero-order valence-corrected chi connectivity index (χ0v) is 18.3. The van der Waals surface area contributed by atoms with Gasteiger partial charge in [0.05, 0.1) is 23.0 Å². The van der Waals surface area contributed by atoms with Crippen molar-refractivity contribution in [3.05, 3.63) is 103 Å². The Bertz CT molecular complexity index is 1470. The van der Waals surface area contributed by atoms with Crippen LogP contribution in [0.1, 0.15) is 11.4 Å². The standard InChI is InChI=1S/C26H20N8/c1-18-29-17-34(33-18)24-9-7-22(8-10-24)31-26-28-12-11-25(32-26)20-13-19(16-27)14-23(15-20)30-21-5-3-2-4-6-21/h2-15,17,30H,1H3,(H,28,31,32). The Morgan fingerprint density at radius 3 is 2.35 bits per heavy atom. The molecule has 8 heteroatoms. The molecule has 0 spiro atoms. The number of nitrogens with one attached hydrogen (secondary N) is 2. The van der Waals surface area contributed by atoms with E-state index < -0.39 is 0 Å². The molecule has 0 aliphatic rings. The molecule has 0 aliphatic carbocycles. The van der Waals surface area contributed by atoms with Crippen molar-refractivity contribution in [3.8, 4) is 23.0 Å². The predicted octanol–water partition coefficient (Wildman–Crippen LogP) is 5.39. The van der Waals surface area contributed by atoms with Crippen molar-refractivity contribution in [1.29, 1.82) is 5.26 Å². The van der Waals surface area contributed by atoms with Crippen molar-refractivity contribution in [1.82, 2.24) is 24.7 Å². The Hall–Kier alpha value is -5.03. The highest BCUT2D eigenvalue weighted by atomic mass is 15.3. The van der Waals surface area contributed by atoms with Gasteiger partial charge >= 0.3 is 0 Å². The van der Waals surface area contributed by atoms with E-state index in [4.69, 9.17) is 0 Å². The number of nitrogens with zero attached hydrogens (tertiary/aromatic N) is 6. The number of hydrogen-bond acceptors (Lipinski definition) is 7. The van der Waals surface area contributed by atoms with Gasteiger partial charge in [0.25, 0.3) is 0 Å². The van der Waals surface area contributed by atoms with E-state index >= 15 is 0 Å². The molecule has 3 aromatic carbocycles. The van der Waals surface area contributed by atoms with Gasteiger partial charge < -0.3 is 10.6 Å². The second-order valence-corrected chi connectivity index (χ2v) is 7.58. The lowest BCUT2D eigenvalue weighted by atomic mass is 10.1. The van der Waals surface area contributed by atoms with Crippen LogP contribution in [-0.2, 0) is 0 Å². The summed E-state index contributed by atoms with van der Waals surface area (Å²) in [4.78, 5) is 13.2. The molecule has 34 heavy (non-hydrogen) atoms. The summed E-state index contributed by atoms with van der Waals surface area (Å²) in [5.74, 6) is 1.18. The SMILES string of the molecule is Cc1ncn(-c2ccc(Nc3nccc(-c4cc(C#N)cc(Nc5ccccc5)c4)n3)cc2)n1. The number of para-hydroxylation sites is 1. The van der Waals surface area contributed by atoms with Crippen LogP contribution >= 0.6 is 0 Å². The molecule has 5 rings (SSSR count). The van der Waals surface area contributed by atoms with Gasteiger partial charge in [0.1, 0.15) is 12.2 Å². The highest BCUT2D eigenvalue weighted by Crippen LogP contribution is 2.26. The van der Waals surface area contributed by atoms with Crippen LogP contribution in [0.25, 0.3) is 16.9 Å². The smallest absolute Gasteiger partial charge is 0.227 e. The molecule has 5 aromatic rings. The fourth-order valence-electron chi connectivity index (χ4n) is 3.48. The third kappa shape index (κ3) is 4.74. The van der Waals surface area contributed by atoms with Gasteiger partial charge in [-0.25, -0.2) is 19.6 Å². The first kappa shape index (κ1) is 20.8. The first-order chi connectivity index (χ1) is 16.7. The molecule has 0 unspecified atom stereocenters. The van der Waals surface area contributed by atoms with E-state index in [0.717, 1.165) is 34.1 Å². The lowest BCUT2D eigenvalue weighted by Crippen LogP contribution is -1.99. The zero-order valence-electron chi connectivity index (χ0n) is 18.3. The van der Waals surface area contributed by atoms with E-state index in [0.29, 0.717) is 17.2 Å². The fourth-order valence-corrected chi connectivity index (χ4v) is 3.48. The molecule has 0 saturated heterocycles. The second-order valence-electron chi connectivity index (χ2n) is 7.58. The third-order valence-electron chi connectivity index (χ3n) is 5.07. The number of hydrogen-bond donors (Lipinski definition) is 2. The number of aromatic nitrogens is 5. The summed E-state index contributed by atoms with van der Waals surface area (Å²) in [5, 5.41) is 20.4. The van der Waals surface area contributed by atoms with Crippen LogP contribution in [-0.4, -0.2) is 24.7 Å². The zero-order chi connectivity index (χ0) is 23.3. The molecule has 164 valence electrons. The van der Waals surface area contributed by atoms with Gasteiger partial charge in [-0.3, -0.25) is 0 Å². The van der Waals surface area contributed by atoms with E-state index in [-0.39, 0.29) is 0 Å². The van der Waals surface area contributed by atoms with Crippen molar-refractivity contribution in [2.24, 2.45) is 0 Å². The van der Waals surface area contributed by atoms with Gasteiger partial charge in [-0.1, -0.05) is 18.2 Å². The molecule has 2 N–H and O–H groups in total. The lowest BCUT2D eigenvalue weighted by Gasteiger charge is -2.11. The normalized spacial score (nSPS) is 10.5. The van der Waals surface area contributed by atoms with Crippen molar-refractivity contribution >= 4 is 23.0 Å². The summed E-state index contributed by atoms with van der Waals surface area (Å²) < 4.78 is 1.72. The van der Waals surface area contributed by atoms with Crippen molar-refractivity contribution in [2.75, 3.05) is 10.6 Å². The molecule has 2 heterocycles. The first-order valence-electron chi connectivity index (χ1n) is 10.6. The van der Waals surface area contributed by atoms with Gasteiger partial charge in [0, 0.05) is 28.8 Å². The van der Waals surface area contributed by atoms with Gasteiger partial charge in [0.15, 0.2) is 0 Å². The van der Waals surface area contributed by atoms with E-state index in [1.54, 1.807) is 17.2 Å². The summed E-state index contributed by atoms with van der Waals surface area (Å²) in [6, 6.07) is 27.2. The van der Waals surface area contributed by atoms with Crippen molar-refractivity contribution < 1.29 is 0 Å². The third-order valence-corrected chi connectivity index (χ3v) is 5.07. The summed E-state index contributed by atoms with van der Waals surface area (Å²) in [6.45, 7) is 1.85. The van der Waals surface area contributed by atoms with E-state index in [2.05, 4.69) is 36.8 Å². The Kier molecular flexibility index (Phi) is 5.65. The number of rotatable bonds is 6.